The van der Waals surface area contributed by atoms with Crippen LogP contribution < -0.4 is 27.4 Å². The van der Waals surface area contributed by atoms with E-state index in [0.29, 0.717) is 0 Å². The third kappa shape index (κ3) is 12.1. The number of rotatable bonds is 16. The van der Waals surface area contributed by atoms with Gasteiger partial charge in [-0.3, -0.25) is 24.0 Å². The van der Waals surface area contributed by atoms with Crippen molar-refractivity contribution in [1.82, 2.24) is 16.0 Å². The Labute approximate surface area is 196 Å². The molecular formula is C20H35N5O9. The van der Waals surface area contributed by atoms with Gasteiger partial charge in [-0.15, -0.1) is 0 Å². The monoisotopic (exact) mass is 489 g/mol. The van der Waals surface area contributed by atoms with Gasteiger partial charge < -0.3 is 42.7 Å². The first-order valence-electron chi connectivity index (χ1n) is 10.7. The van der Waals surface area contributed by atoms with Gasteiger partial charge in [-0.05, 0) is 32.1 Å². The van der Waals surface area contributed by atoms with Crippen LogP contribution in [0, 0.1) is 5.92 Å². The van der Waals surface area contributed by atoms with Crippen molar-refractivity contribution < 1.29 is 44.1 Å². The Hall–Kier alpha value is -3.26. The van der Waals surface area contributed by atoms with Crippen LogP contribution in [0.5, 0.6) is 0 Å². The Morgan fingerprint density at radius 1 is 0.794 bits per heavy atom. The molecule has 0 radical (unpaired) electrons. The third-order valence-electron chi connectivity index (χ3n) is 4.70. The number of aliphatic hydroxyl groups is 1. The summed E-state index contributed by atoms with van der Waals surface area (Å²) in [5, 5.41) is 34.5. The zero-order valence-electron chi connectivity index (χ0n) is 19.4. The molecule has 194 valence electrons. The van der Waals surface area contributed by atoms with Crippen molar-refractivity contribution in [2.24, 2.45) is 17.4 Å². The van der Waals surface area contributed by atoms with E-state index in [2.05, 4.69) is 16.0 Å². The molecule has 14 nitrogen and oxygen atoms in total. The summed E-state index contributed by atoms with van der Waals surface area (Å²) in [6, 6.07) is -5.42. The summed E-state index contributed by atoms with van der Waals surface area (Å²) in [5.41, 5.74) is 10.8. The average Bonchev–Trinajstić information content (AvgIpc) is 2.70. The topological polar surface area (TPSA) is 251 Å². The lowest BCUT2D eigenvalue weighted by molar-refractivity contribution is -0.145. The molecular weight excluding hydrogens is 454 g/mol. The van der Waals surface area contributed by atoms with E-state index in [0.717, 1.165) is 6.92 Å². The molecule has 0 fully saturated rings. The maximum absolute atomic E-state index is 12.9. The Balaban J connectivity index is 5.54. The van der Waals surface area contributed by atoms with Crippen molar-refractivity contribution in [3.63, 3.8) is 0 Å². The van der Waals surface area contributed by atoms with Gasteiger partial charge in [-0.25, -0.2) is 4.79 Å². The molecule has 0 bridgehead atoms. The predicted octanol–water partition coefficient (Wildman–Crippen LogP) is -2.59. The molecule has 0 aromatic heterocycles. The second-order valence-electron chi connectivity index (χ2n) is 8.36. The fourth-order valence-corrected chi connectivity index (χ4v) is 2.86. The van der Waals surface area contributed by atoms with Gasteiger partial charge in [0.15, 0.2) is 6.04 Å². The maximum atomic E-state index is 12.9. The van der Waals surface area contributed by atoms with Gasteiger partial charge in [0.2, 0.25) is 23.6 Å². The first kappa shape index (κ1) is 30.7. The van der Waals surface area contributed by atoms with Crippen molar-refractivity contribution >= 4 is 35.6 Å². The third-order valence-corrected chi connectivity index (χ3v) is 4.70. The molecule has 0 spiro atoms. The molecule has 0 aromatic rings. The van der Waals surface area contributed by atoms with Gasteiger partial charge in [0.1, 0.15) is 12.1 Å². The lowest BCUT2D eigenvalue weighted by Crippen LogP contribution is -2.58. The number of carboxylic acid groups (broad SMARTS) is 2. The normalized spacial score (nSPS) is 15.4. The van der Waals surface area contributed by atoms with E-state index >= 15 is 0 Å². The zero-order valence-corrected chi connectivity index (χ0v) is 19.4. The summed E-state index contributed by atoms with van der Waals surface area (Å²) in [4.78, 5) is 71.0. The van der Waals surface area contributed by atoms with Crippen LogP contribution in [0.3, 0.4) is 0 Å². The number of aliphatic carboxylic acids is 2. The van der Waals surface area contributed by atoms with E-state index in [1.165, 1.54) is 0 Å². The zero-order chi connectivity index (χ0) is 26.6. The maximum Gasteiger partial charge on any atom is 0.328 e. The number of carbonyl (C=O) groups is 6. The molecule has 14 heteroatoms. The minimum atomic E-state index is -1.69. The molecule has 4 amide bonds. The molecule has 10 N–H and O–H groups in total. The SMILES string of the molecule is CC(C)CC(NC(=O)C(N)CCC(N)=O)C(=O)NC(CCC(=O)O)C(=O)NC(C(=O)O)C(C)O. The number of nitrogens with two attached hydrogens (primary N) is 2. The number of nitrogens with one attached hydrogen (secondary N) is 3. The summed E-state index contributed by atoms with van der Waals surface area (Å²) in [6.07, 6.45) is -2.41. The smallest absolute Gasteiger partial charge is 0.328 e. The fourth-order valence-electron chi connectivity index (χ4n) is 2.86. The van der Waals surface area contributed by atoms with Gasteiger partial charge in [0, 0.05) is 12.8 Å². The van der Waals surface area contributed by atoms with Gasteiger partial charge >= 0.3 is 11.9 Å². The van der Waals surface area contributed by atoms with E-state index < -0.39 is 72.3 Å². The average molecular weight is 490 g/mol. The number of amides is 4. The van der Waals surface area contributed by atoms with E-state index in [1.807, 2.05) is 0 Å². The van der Waals surface area contributed by atoms with Crippen LogP contribution in [0.25, 0.3) is 0 Å². The highest BCUT2D eigenvalue weighted by Crippen LogP contribution is 2.08. The number of primary amides is 1. The van der Waals surface area contributed by atoms with Crippen LogP contribution in [-0.2, 0) is 28.8 Å². The molecule has 0 rings (SSSR count). The van der Waals surface area contributed by atoms with E-state index in [-0.39, 0.29) is 31.6 Å². The second kappa shape index (κ2) is 14.8. The Morgan fingerprint density at radius 2 is 1.32 bits per heavy atom. The highest BCUT2D eigenvalue weighted by molar-refractivity contribution is 5.94. The molecule has 0 saturated heterocycles. The number of hydrogen-bond donors (Lipinski definition) is 8. The standard InChI is InChI=1S/C20H35N5O9/c1-9(2)8-13(24-17(30)11(21)4-6-14(22)27)19(32)23-12(5-7-15(28)29)18(31)25-16(10(3)26)20(33)34/h9-13,16,26H,4-8,21H2,1-3H3,(H2,22,27)(H,23,32)(H,24,30)(H,25,31)(H,28,29)(H,33,34). The Morgan fingerprint density at radius 3 is 1.76 bits per heavy atom. The molecule has 34 heavy (non-hydrogen) atoms. The van der Waals surface area contributed by atoms with Crippen LogP contribution in [0.1, 0.15) is 52.9 Å². The van der Waals surface area contributed by atoms with Gasteiger partial charge in [0.25, 0.3) is 0 Å². The highest BCUT2D eigenvalue weighted by atomic mass is 16.4. The summed E-state index contributed by atoms with van der Waals surface area (Å²) in [6.45, 7) is 4.68. The van der Waals surface area contributed by atoms with Crippen molar-refractivity contribution in [2.75, 3.05) is 0 Å². The Kier molecular flexibility index (Phi) is 13.4. The molecule has 0 heterocycles. The highest BCUT2D eigenvalue weighted by Gasteiger charge is 2.32. The Bertz CT molecular complexity index is 757. The summed E-state index contributed by atoms with van der Waals surface area (Å²) >= 11 is 0. The largest absolute Gasteiger partial charge is 0.481 e. The lowest BCUT2D eigenvalue weighted by Gasteiger charge is -2.26. The van der Waals surface area contributed by atoms with Crippen molar-refractivity contribution in [1.29, 1.82) is 0 Å². The summed E-state index contributed by atoms with van der Waals surface area (Å²) < 4.78 is 0. The van der Waals surface area contributed by atoms with E-state index in [1.54, 1.807) is 13.8 Å². The lowest BCUT2D eigenvalue weighted by atomic mass is 10.0. The first-order chi connectivity index (χ1) is 15.6. The molecule has 5 unspecified atom stereocenters. The van der Waals surface area contributed by atoms with Crippen molar-refractivity contribution in [2.45, 2.75) is 83.1 Å². The molecule has 0 aromatic carbocycles. The van der Waals surface area contributed by atoms with E-state index in [9.17, 15) is 33.9 Å². The first-order valence-corrected chi connectivity index (χ1v) is 10.7. The minimum Gasteiger partial charge on any atom is -0.481 e. The molecule has 5 atom stereocenters. The number of aliphatic hydroxyl groups excluding tert-OH is 1. The number of hydrogen-bond acceptors (Lipinski definition) is 8. The van der Waals surface area contributed by atoms with Crippen LogP contribution in [0.4, 0.5) is 0 Å². The van der Waals surface area contributed by atoms with Crippen LogP contribution in [0.15, 0.2) is 0 Å². The minimum absolute atomic E-state index is 0.0449. The molecule has 0 aliphatic rings. The molecule has 0 aliphatic heterocycles. The summed E-state index contributed by atoms with van der Waals surface area (Å²) in [5.74, 6) is -6.09. The number of carbonyl (C=O) groups excluding carboxylic acids is 4. The van der Waals surface area contributed by atoms with Crippen molar-refractivity contribution in [3.05, 3.63) is 0 Å². The van der Waals surface area contributed by atoms with Crippen molar-refractivity contribution in [3.8, 4) is 0 Å². The molecule has 0 aliphatic carbocycles. The van der Waals surface area contributed by atoms with E-state index in [4.69, 9.17) is 21.7 Å². The summed E-state index contributed by atoms with van der Waals surface area (Å²) in [7, 11) is 0. The second-order valence-corrected chi connectivity index (χ2v) is 8.36. The molecule has 0 saturated carbocycles. The van der Waals surface area contributed by atoms with Gasteiger partial charge in [-0.1, -0.05) is 13.8 Å². The fraction of sp³-hybridized carbons (Fsp3) is 0.700. The van der Waals surface area contributed by atoms with Crippen LogP contribution in [-0.4, -0.2) is 81.2 Å². The quantitative estimate of drug-likeness (QED) is 0.112. The predicted molar refractivity (Wildman–Crippen MR) is 118 cm³/mol. The number of carboxylic acids is 2. The van der Waals surface area contributed by atoms with Gasteiger partial charge in [-0.2, -0.15) is 0 Å². The van der Waals surface area contributed by atoms with Crippen LogP contribution in [0.2, 0.25) is 0 Å². The van der Waals surface area contributed by atoms with Crippen LogP contribution >= 0.6 is 0 Å². The van der Waals surface area contributed by atoms with Gasteiger partial charge in [0.05, 0.1) is 12.1 Å².